The molecule has 15 rings (SSSR count). The van der Waals surface area contributed by atoms with Crippen LogP contribution in [0.2, 0.25) is 0 Å². The molecule has 1 aromatic heterocycles. The first kappa shape index (κ1) is 113. The lowest BCUT2D eigenvalue weighted by Crippen LogP contribution is -2.39. The van der Waals surface area contributed by atoms with Crippen molar-refractivity contribution in [3.8, 4) is 0 Å². The number of rotatable bonds is 28. The summed E-state index contributed by atoms with van der Waals surface area (Å²) in [6.07, 6.45) is 27.2. The standard InChI is InChI=1S/C25H34N4O2.C25H28N2O3.C23H27N3O3.C22H26N4O3.C22H25N3O4/c1-18-10-13-29(14-11-18)23-17-20(25(2,3)27-12-15-31-5)7-9-22(23)28-24(30)19-6-8-21(16-19)26-4;1-24(2)12-10-16(11-13-24)20-15-18(25(3,4)23(29)30)7-9-21(20)27-22(28)17-6-8-19(14-17)26-5;1-15-9-11-26(12-10-15)20-14-17(23(2,3)22(28)29)6-8-19(20)25-21(27)16-5-7-18(13-16)24-4;1-14-9-11-26(12-10-14)18-13-15(22(2,3)21(28)29)5-6-16(18)25-20(27)17-7-8-19(23-4)24-17;1-14-9-11-25(12-10-14)17-13-15(22(2,3)21(27)28)5-6-16(17)24-20(26)18-7-8-19(23-4)29-18/h7-9,16-18,27H,6,10-15H2,1-3,5H3,(H,28,30);7-10,14-15H,6,11-13H2,1-4H3,(H,27,28)(H,29,30);6-8,13-15H,5,9-12H2,1-3H3,(H,25,27)(H,28,29);5-6,8,13-14H,7,9-12H2,1-3H3,(H,25,27)(H,28,29);5-8,13-14H,9-12H2,1-3H3,(H,24,26)(H,27,28). The van der Waals surface area contributed by atoms with Crippen LogP contribution in [0.1, 0.15) is 251 Å². The molecule has 4 saturated heterocycles. The Morgan fingerprint density at radius 3 is 1.05 bits per heavy atom. The highest BCUT2D eigenvalue weighted by atomic mass is 16.5. The first-order chi connectivity index (χ1) is 70.0. The van der Waals surface area contributed by atoms with E-state index in [0.717, 1.165) is 175 Å². The number of methoxy groups -OCH3 is 1. The van der Waals surface area contributed by atoms with Gasteiger partial charge in [-0.15, -0.1) is 4.99 Å². The Balaban J connectivity index is 0.000000176. The molecule has 5 aliphatic heterocycles. The van der Waals surface area contributed by atoms with Crippen LogP contribution in [0.5, 0.6) is 0 Å². The Morgan fingerprint density at radius 1 is 0.412 bits per heavy atom. The van der Waals surface area contributed by atoms with Gasteiger partial charge in [0.05, 0.1) is 100 Å². The molecule has 0 saturated carbocycles. The third kappa shape index (κ3) is 28.7. The Bertz CT molecular complexity index is 6420. The quantitative estimate of drug-likeness (QED) is 0.0161. The summed E-state index contributed by atoms with van der Waals surface area (Å²) in [5.41, 5.74) is 12.3. The number of hydrogen-bond acceptors (Lipinski definition) is 17. The molecule has 778 valence electrons. The van der Waals surface area contributed by atoms with E-state index < -0.39 is 51.4 Å². The van der Waals surface area contributed by atoms with Crippen LogP contribution in [-0.2, 0) is 70.3 Å². The number of nitrogens with one attached hydrogen (secondary N) is 6. The second-order valence-electron chi connectivity index (χ2n) is 43.0. The van der Waals surface area contributed by atoms with Crippen molar-refractivity contribution in [2.75, 3.05) is 119 Å². The van der Waals surface area contributed by atoms with E-state index in [1.807, 2.05) is 30.3 Å². The second-order valence-corrected chi connectivity index (χ2v) is 43.0. The van der Waals surface area contributed by atoms with Crippen LogP contribution in [0.4, 0.5) is 57.1 Å². The molecule has 4 fully saturated rings. The summed E-state index contributed by atoms with van der Waals surface area (Å²) < 4.78 is 10.4. The van der Waals surface area contributed by atoms with Crippen molar-refractivity contribution in [2.45, 2.75) is 234 Å². The van der Waals surface area contributed by atoms with E-state index in [1.54, 1.807) is 154 Å². The van der Waals surface area contributed by atoms with E-state index in [2.05, 4.69) is 154 Å². The third-order valence-corrected chi connectivity index (χ3v) is 29.5. The maximum atomic E-state index is 12.9. The van der Waals surface area contributed by atoms with E-state index in [1.165, 1.54) is 17.7 Å². The normalized spacial score (nSPS) is 17.0. The molecule has 0 bridgehead atoms. The highest BCUT2D eigenvalue weighted by molar-refractivity contribution is 6.44. The van der Waals surface area contributed by atoms with Gasteiger partial charge in [0, 0.05) is 106 Å². The number of hydrogen-bond donors (Lipinski definition) is 10. The van der Waals surface area contributed by atoms with Crippen molar-refractivity contribution < 1.29 is 72.7 Å². The number of furan rings is 1. The van der Waals surface area contributed by atoms with Gasteiger partial charge in [0.2, 0.25) is 0 Å². The van der Waals surface area contributed by atoms with Crippen molar-refractivity contribution in [2.24, 2.45) is 34.1 Å². The molecule has 31 heteroatoms. The van der Waals surface area contributed by atoms with Crippen LogP contribution < -0.4 is 51.5 Å². The Labute approximate surface area is 869 Å². The summed E-state index contributed by atoms with van der Waals surface area (Å²) >= 11 is 0. The Hall–Kier alpha value is -15.2. The van der Waals surface area contributed by atoms with Crippen molar-refractivity contribution >= 4 is 122 Å². The molecule has 31 nitrogen and oxygen atoms in total. The van der Waals surface area contributed by atoms with Crippen LogP contribution in [-0.4, -0.2) is 152 Å². The average Bonchev–Trinajstić information content (AvgIpc) is 1.07. The molecule has 6 heterocycles. The van der Waals surface area contributed by atoms with Crippen LogP contribution >= 0.6 is 0 Å². The zero-order valence-electron chi connectivity index (χ0n) is 88.2. The van der Waals surface area contributed by atoms with Gasteiger partial charge in [0.25, 0.3) is 35.4 Å². The van der Waals surface area contributed by atoms with Gasteiger partial charge >= 0.3 is 29.8 Å². The number of ether oxygens (including phenoxy) is 1. The summed E-state index contributed by atoms with van der Waals surface area (Å²) in [5, 5.41) is 56.9. The minimum atomic E-state index is -1.05. The smallest absolute Gasteiger partial charge is 0.346 e. The number of carbonyl (C=O) groups is 9. The molecule has 0 atom stereocenters. The SMILES string of the molecule is [C-]#[N+]C1=CCC(C(=O)Nc2ccc(C(C)(C)C(=O)O)cc2C2=CCC(C)(C)CC2)=C1.[C-]#[N+]C1=CCC(C(=O)Nc2ccc(C(C)(C)C(=O)O)cc2N2CCC(C)CC2)=C1.[C-]#[N+]C1=CCC(C(=O)Nc2ccc(C(C)(C)C(=O)O)cc2N2CCC(C)CC2)=N1.[C-]#[N+]C1=CCC(C(=O)Nc2ccc(C(C)(C)NCCOC)cc2N2CCC(C)CC2)=C1.[C-]#[N+]c1ccc(C(=O)Nc2ccc(C(C)(C)C(=O)O)cc2N2CCC(C)CC2)o1. The minimum Gasteiger partial charge on any atom is -0.481 e. The van der Waals surface area contributed by atoms with Crippen molar-refractivity contribution in [1.82, 2.24) is 5.32 Å². The monoisotopic (exact) mass is 2010 g/mol. The Morgan fingerprint density at radius 2 is 0.743 bits per heavy atom. The molecule has 6 aromatic rings. The molecular formula is C117H140N16O15. The lowest BCUT2D eigenvalue weighted by Gasteiger charge is -2.35. The molecular weight excluding hydrogens is 1870 g/mol. The fraction of sp³-hybridized carbons (Fsp3) is 0.444. The molecule has 0 spiro atoms. The van der Waals surface area contributed by atoms with Crippen LogP contribution in [0.15, 0.2) is 201 Å². The number of anilines is 9. The van der Waals surface area contributed by atoms with Crippen LogP contribution in [0.25, 0.3) is 29.8 Å². The highest BCUT2D eigenvalue weighted by Gasteiger charge is 2.39. The number of aliphatic imine (C=N–C) groups is 1. The lowest BCUT2D eigenvalue weighted by atomic mass is 9.76. The second kappa shape index (κ2) is 49.3. The van der Waals surface area contributed by atoms with Crippen LogP contribution in [0, 0.1) is 61.9 Å². The van der Waals surface area contributed by atoms with Gasteiger partial charge in [-0.05, 0) is 313 Å². The number of carbonyl (C=O) groups excluding carboxylic acids is 5. The maximum Gasteiger partial charge on any atom is 0.346 e. The lowest BCUT2D eigenvalue weighted by molar-refractivity contribution is -0.143. The number of nitrogens with zero attached hydrogens (tertiary/aromatic N) is 10. The fourth-order valence-electron chi connectivity index (χ4n) is 18.2. The third-order valence-electron chi connectivity index (χ3n) is 29.5. The number of carboxylic acid groups (broad SMARTS) is 4. The van der Waals surface area contributed by atoms with Gasteiger partial charge in [-0.2, -0.15) is 4.85 Å². The molecule has 148 heavy (non-hydrogen) atoms. The number of aliphatic carboxylic acids is 4. The predicted octanol–water partition coefficient (Wildman–Crippen LogP) is 23.0. The summed E-state index contributed by atoms with van der Waals surface area (Å²) in [4.78, 5) is 140. The average molecular weight is 2010 g/mol. The van der Waals surface area contributed by atoms with E-state index in [4.69, 9.17) is 42.0 Å². The number of allylic oxidation sites excluding steroid dienone is 9. The van der Waals surface area contributed by atoms with Gasteiger partial charge in [0.1, 0.15) is 0 Å². The van der Waals surface area contributed by atoms with E-state index in [9.17, 15) is 63.6 Å². The van der Waals surface area contributed by atoms with E-state index in [0.29, 0.717) is 135 Å². The summed E-state index contributed by atoms with van der Waals surface area (Å²) in [5.74, 6) is -1.94. The van der Waals surface area contributed by atoms with Gasteiger partial charge < -0.3 is 85.9 Å². The minimum absolute atomic E-state index is 0.0546. The summed E-state index contributed by atoms with van der Waals surface area (Å²) in [6, 6.07) is 30.9. The zero-order chi connectivity index (χ0) is 108. The topological polar surface area (TPSA) is 376 Å². The predicted molar refractivity (Wildman–Crippen MR) is 582 cm³/mol. The first-order valence-electron chi connectivity index (χ1n) is 50.7. The molecule has 0 unspecified atom stereocenters. The first-order valence-corrected chi connectivity index (χ1v) is 50.7. The molecule has 4 aliphatic carbocycles. The summed E-state index contributed by atoms with van der Waals surface area (Å²) in [6.45, 7) is 75.0. The molecule has 0 radical (unpaired) electrons. The maximum absolute atomic E-state index is 12.9. The van der Waals surface area contributed by atoms with Gasteiger partial charge in [-0.3, -0.25) is 43.2 Å². The van der Waals surface area contributed by atoms with Gasteiger partial charge in [-0.1, -0.05) is 109 Å². The van der Waals surface area contributed by atoms with Gasteiger partial charge in [-0.25, -0.2) is 14.5 Å². The Kier molecular flexibility index (Phi) is 37.7. The zero-order valence-corrected chi connectivity index (χ0v) is 88.2. The molecule has 5 aromatic carbocycles. The van der Waals surface area contributed by atoms with Crippen molar-refractivity contribution in [3.63, 3.8) is 0 Å². The molecule has 9 aliphatic rings. The number of piperidine rings is 4. The number of carboxylic acids is 4. The summed E-state index contributed by atoms with van der Waals surface area (Å²) in [7, 11) is 1.71. The number of amides is 5. The van der Waals surface area contributed by atoms with Crippen molar-refractivity contribution in [1.29, 1.82) is 0 Å². The number of benzene rings is 5. The van der Waals surface area contributed by atoms with Crippen LogP contribution in [0.3, 0.4) is 0 Å². The van der Waals surface area contributed by atoms with E-state index in [-0.39, 0.29) is 52.0 Å². The molecule has 5 amide bonds. The van der Waals surface area contributed by atoms with Crippen molar-refractivity contribution in [3.05, 3.63) is 288 Å². The molecule has 10 N–H and O–H groups in total. The highest BCUT2D eigenvalue weighted by Crippen LogP contribution is 2.45. The largest absolute Gasteiger partial charge is 0.481 e. The van der Waals surface area contributed by atoms with E-state index >= 15 is 0 Å². The van der Waals surface area contributed by atoms with Gasteiger partial charge in [0.15, 0.2) is 28.6 Å². The fourth-order valence-corrected chi connectivity index (χ4v) is 18.2.